The average Bonchev–Trinajstić information content (AvgIpc) is 2.01. The van der Waals surface area contributed by atoms with E-state index in [1.165, 1.54) is 6.20 Å². The molecular weight excluding hydrogens is 164 g/mol. The second-order valence-electron chi connectivity index (χ2n) is 2.15. The molecule has 1 heterocycles. The number of anilines is 1. The molecule has 1 aromatic heterocycles. The Morgan fingerprint density at radius 2 is 2.27 bits per heavy atom. The summed E-state index contributed by atoms with van der Waals surface area (Å²) in [6, 6.07) is 0. The first-order valence-corrected chi connectivity index (χ1v) is 3.49. The van der Waals surface area contributed by atoms with Crippen LogP contribution in [0.4, 0.5) is 5.69 Å². The van der Waals surface area contributed by atoms with Crippen LogP contribution in [-0.4, -0.2) is 12.1 Å². The van der Waals surface area contributed by atoms with E-state index < -0.39 is 0 Å². The van der Waals surface area contributed by atoms with Gasteiger partial charge in [0.2, 0.25) is 5.88 Å². The minimum atomic E-state index is 0.461. The monoisotopic (exact) mass is 172 g/mol. The van der Waals surface area contributed by atoms with E-state index in [1.54, 1.807) is 7.11 Å². The molecule has 0 unspecified atom stereocenters. The summed E-state index contributed by atoms with van der Waals surface area (Å²) >= 11 is 5.70. The predicted octanol–water partition coefficient (Wildman–Crippen LogP) is 1.63. The van der Waals surface area contributed by atoms with Crippen molar-refractivity contribution in [3.8, 4) is 5.88 Å². The SMILES string of the molecule is COc1ncc(Cl)c(N)c1C. The van der Waals surface area contributed by atoms with Gasteiger partial charge in [0.25, 0.3) is 0 Å². The van der Waals surface area contributed by atoms with Crippen LogP contribution >= 0.6 is 11.6 Å². The van der Waals surface area contributed by atoms with Crippen LogP contribution in [0.15, 0.2) is 6.20 Å². The van der Waals surface area contributed by atoms with Gasteiger partial charge in [0.15, 0.2) is 0 Å². The van der Waals surface area contributed by atoms with E-state index in [2.05, 4.69) is 4.98 Å². The number of aromatic nitrogens is 1. The van der Waals surface area contributed by atoms with Gasteiger partial charge in [0.05, 0.1) is 24.0 Å². The first-order valence-electron chi connectivity index (χ1n) is 3.11. The van der Waals surface area contributed by atoms with E-state index in [0.29, 0.717) is 16.6 Å². The third-order valence-electron chi connectivity index (χ3n) is 1.47. The summed E-state index contributed by atoms with van der Waals surface area (Å²) in [5, 5.41) is 0.461. The lowest BCUT2D eigenvalue weighted by molar-refractivity contribution is 0.395. The van der Waals surface area contributed by atoms with E-state index in [0.717, 1.165) is 5.56 Å². The zero-order valence-corrected chi connectivity index (χ0v) is 7.14. The van der Waals surface area contributed by atoms with Crippen LogP contribution in [0.1, 0.15) is 5.56 Å². The first-order chi connectivity index (χ1) is 5.16. The number of rotatable bonds is 1. The second kappa shape index (κ2) is 2.96. The van der Waals surface area contributed by atoms with Gasteiger partial charge in [-0.2, -0.15) is 0 Å². The summed E-state index contributed by atoms with van der Waals surface area (Å²) in [5.41, 5.74) is 6.91. The number of methoxy groups -OCH3 is 1. The van der Waals surface area contributed by atoms with Crippen LogP contribution < -0.4 is 10.5 Å². The molecule has 2 N–H and O–H groups in total. The molecule has 0 saturated heterocycles. The van der Waals surface area contributed by atoms with Crippen LogP contribution in [0, 0.1) is 6.92 Å². The molecule has 0 radical (unpaired) electrons. The molecule has 0 aliphatic rings. The van der Waals surface area contributed by atoms with Crippen molar-refractivity contribution >= 4 is 17.3 Å². The molecule has 0 aliphatic carbocycles. The zero-order valence-electron chi connectivity index (χ0n) is 6.39. The third-order valence-corrected chi connectivity index (χ3v) is 1.77. The maximum atomic E-state index is 5.70. The molecule has 0 atom stereocenters. The quantitative estimate of drug-likeness (QED) is 0.701. The number of nitrogens with two attached hydrogens (primary N) is 1. The molecule has 11 heavy (non-hydrogen) atoms. The number of nitrogen functional groups attached to an aromatic ring is 1. The molecule has 60 valence electrons. The number of pyridine rings is 1. The highest BCUT2D eigenvalue weighted by Gasteiger charge is 2.05. The van der Waals surface area contributed by atoms with Gasteiger partial charge in [-0.3, -0.25) is 0 Å². The van der Waals surface area contributed by atoms with Crippen molar-refractivity contribution < 1.29 is 4.74 Å². The minimum absolute atomic E-state index is 0.461. The van der Waals surface area contributed by atoms with E-state index in [9.17, 15) is 0 Å². The highest BCUT2D eigenvalue weighted by molar-refractivity contribution is 6.33. The zero-order chi connectivity index (χ0) is 8.43. The number of halogens is 1. The van der Waals surface area contributed by atoms with E-state index in [4.69, 9.17) is 22.1 Å². The Labute approximate surface area is 70.1 Å². The fraction of sp³-hybridized carbons (Fsp3) is 0.286. The molecule has 0 aliphatic heterocycles. The van der Waals surface area contributed by atoms with E-state index >= 15 is 0 Å². The van der Waals surface area contributed by atoms with Crippen LogP contribution in [-0.2, 0) is 0 Å². The lowest BCUT2D eigenvalue weighted by Gasteiger charge is -2.06. The van der Waals surface area contributed by atoms with Crippen molar-refractivity contribution in [3.63, 3.8) is 0 Å². The number of hydrogen-bond donors (Lipinski definition) is 1. The van der Waals surface area contributed by atoms with Crippen molar-refractivity contribution in [2.24, 2.45) is 0 Å². The van der Waals surface area contributed by atoms with E-state index in [-0.39, 0.29) is 0 Å². The Balaban J connectivity index is 3.25. The predicted molar refractivity (Wildman–Crippen MR) is 44.9 cm³/mol. The summed E-state index contributed by atoms with van der Waals surface area (Å²) in [5.74, 6) is 0.520. The lowest BCUT2D eigenvalue weighted by Crippen LogP contribution is -1.97. The van der Waals surface area contributed by atoms with Crippen molar-refractivity contribution in [2.75, 3.05) is 12.8 Å². The molecule has 0 spiro atoms. The lowest BCUT2D eigenvalue weighted by atomic mass is 10.2. The normalized spacial score (nSPS) is 9.73. The maximum absolute atomic E-state index is 5.70. The van der Waals surface area contributed by atoms with E-state index in [1.807, 2.05) is 6.92 Å². The van der Waals surface area contributed by atoms with Gasteiger partial charge >= 0.3 is 0 Å². The van der Waals surface area contributed by atoms with Crippen LogP contribution in [0.3, 0.4) is 0 Å². The maximum Gasteiger partial charge on any atom is 0.218 e. The van der Waals surface area contributed by atoms with Gasteiger partial charge < -0.3 is 10.5 Å². The number of ether oxygens (including phenoxy) is 1. The molecule has 3 nitrogen and oxygen atoms in total. The highest BCUT2D eigenvalue weighted by atomic mass is 35.5. The second-order valence-corrected chi connectivity index (χ2v) is 2.56. The van der Waals surface area contributed by atoms with Gasteiger partial charge in [0.1, 0.15) is 0 Å². The summed E-state index contributed by atoms with van der Waals surface area (Å²) in [7, 11) is 1.54. The molecule has 4 heteroatoms. The van der Waals surface area contributed by atoms with Gasteiger partial charge in [-0.15, -0.1) is 0 Å². The van der Waals surface area contributed by atoms with Gasteiger partial charge in [0, 0.05) is 5.56 Å². The Morgan fingerprint density at radius 3 is 2.82 bits per heavy atom. The highest BCUT2D eigenvalue weighted by Crippen LogP contribution is 2.26. The Hall–Kier alpha value is -0.960. The van der Waals surface area contributed by atoms with Crippen LogP contribution in [0.25, 0.3) is 0 Å². The molecular formula is C7H9ClN2O. The molecule has 1 rings (SSSR count). The molecule has 1 aromatic rings. The van der Waals surface area contributed by atoms with Crippen molar-refractivity contribution in [1.82, 2.24) is 4.98 Å². The summed E-state index contributed by atoms with van der Waals surface area (Å²) in [6.07, 6.45) is 1.47. The summed E-state index contributed by atoms with van der Waals surface area (Å²) in [6.45, 7) is 1.81. The first kappa shape index (κ1) is 8.14. The smallest absolute Gasteiger partial charge is 0.218 e. The third kappa shape index (κ3) is 1.38. The molecule has 0 bridgehead atoms. The largest absolute Gasteiger partial charge is 0.481 e. The Morgan fingerprint density at radius 1 is 1.64 bits per heavy atom. The number of hydrogen-bond acceptors (Lipinski definition) is 3. The summed E-state index contributed by atoms with van der Waals surface area (Å²) in [4.78, 5) is 3.92. The molecule has 0 aromatic carbocycles. The Bertz CT molecular complexity index is 275. The minimum Gasteiger partial charge on any atom is -0.481 e. The van der Waals surface area contributed by atoms with Crippen molar-refractivity contribution in [2.45, 2.75) is 6.92 Å². The van der Waals surface area contributed by atoms with Crippen molar-refractivity contribution in [1.29, 1.82) is 0 Å². The fourth-order valence-corrected chi connectivity index (χ4v) is 0.972. The standard InChI is InChI=1S/C7H9ClN2O/c1-4-6(9)5(8)3-10-7(4)11-2/h3H,1-2H3,(H2,9,10). The molecule has 0 fully saturated rings. The Kier molecular flexibility index (Phi) is 2.19. The molecule has 0 amide bonds. The van der Waals surface area contributed by atoms with Crippen LogP contribution in [0.5, 0.6) is 5.88 Å². The van der Waals surface area contributed by atoms with Gasteiger partial charge in [-0.05, 0) is 6.92 Å². The average molecular weight is 173 g/mol. The van der Waals surface area contributed by atoms with Gasteiger partial charge in [-0.1, -0.05) is 11.6 Å². The summed E-state index contributed by atoms with van der Waals surface area (Å²) < 4.78 is 4.93. The van der Waals surface area contributed by atoms with Gasteiger partial charge in [-0.25, -0.2) is 4.98 Å². The van der Waals surface area contributed by atoms with Crippen molar-refractivity contribution in [3.05, 3.63) is 16.8 Å². The molecule has 0 saturated carbocycles. The van der Waals surface area contributed by atoms with Crippen LogP contribution in [0.2, 0.25) is 5.02 Å². The topological polar surface area (TPSA) is 48.1 Å². The number of nitrogens with zero attached hydrogens (tertiary/aromatic N) is 1. The fourth-order valence-electron chi connectivity index (χ4n) is 0.782.